The van der Waals surface area contributed by atoms with Crippen LogP contribution in [-0.4, -0.2) is 28.4 Å². The number of carbonyl (C=O) groups is 2. The average molecular weight is 438 g/mol. The second kappa shape index (κ2) is 10.4. The monoisotopic (exact) mass is 438 g/mol. The van der Waals surface area contributed by atoms with Gasteiger partial charge in [-0.1, -0.05) is 44.2 Å². The largest absolute Gasteiger partial charge is 0.449 e. The van der Waals surface area contributed by atoms with E-state index in [0.717, 1.165) is 11.6 Å². The van der Waals surface area contributed by atoms with Crippen molar-refractivity contribution in [1.82, 2.24) is 5.32 Å². The first-order valence-electron chi connectivity index (χ1n) is 10.1. The number of nitriles is 1. The van der Waals surface area contributed by atoms with Gasteiger partial charge in [0.25, 0.3) is 11.6 Å². The number of esters is 1. The zero-order chi connectivity index (χ0) is 23.9. The Bertz CT molecular complexity index is 1030. The van der Waals surface area contributed by atoms with Gasteiger partial charge in [-0.05, 0) is 37.5 Å². The first-order valence-corrected chi connectivity index (χ1v) is 10.1. The third kappa shape index (κ3) is 6.04. The number of nitro groups is 1. The molecule has 2 atom stereocenters. The van der Waals surface area contributed by atoms with Crippen LogP contribution in [0.1, 0.15) is 43.6 Å². The summed E-state index contributed by atoms with van der Waals surface area (Å²) in [6.45, 7) is 6.89. The molecule has 32 heavy (non-hydrogen) atoms. The van der Waals surface area contributed by atoms with Crippen molar-refractivity contribution in [3.05, 3.63) is 69.8 Å². The lowest BCUT2D eigenvalue weighted by molar-refractivity contribution is -0.384. The van der Waals surface area contributed by atoms with Crippen LogP contribution in [0.3, 0.4) is 0 Å². The van der Waals surface area contributed by atoms with E-state index in [-0.39, 0.29) is 22.9 Å². The molecule has 0 aliphatic carbocycles. The first kappa shape index (κ1) is 24.3. The standard InChI is InChI=1S/C23H26N4O5/c1-15(2)23(4,14-24)26-21(28)16(3)32-22(29)18-10-11-19(20(12-18)27(30)31)25-13-17-8-6-5-7-9-17/h5-12,15-16,25H,13H2,1-4H3,(H,26,28)/t16-,23+/m1/s1. The van der Waals surface area contributed by atoms with Gasteiger partial charge in [0.05, 0.1) is 16.6 Å². The van der Waals surface area contributed by atoms with Crippen LogP contribution in [0.25, 0.3) is 0 Å². The molecule has 0 radical (unpaired) electrons. The smallest absolute Gasteiger partial charge is 0.339 e. The van der Waals surface area contributed by atoms with Crippen molar-refractivity contribution < 1.29 is 19.2 Å². The van der Waals surface area contributed by atoms with Crippen molar-refractivity contribution in [2.24, 2.45) is 5.92 Å². The molecule has 0 bridgehead atoms. The lowest BCUT2D eigenvalue weighted by Crippen LogP contribution is -2.52. The summed E-state index contributed by atoms with van der Waals surface area (Å²) in [5.74, 6) is -1.68. The van der Waals surface area contributed by atoms with E-state index in [1.54, 1.807) is 20.8 Å². The van der Waals surface area contributed by atoms with Crippen LogP contribution in [0.4, 0.5) is 11.4 Å². The normalized spacial score (nSPS) is 13.4. The summed E-state index contributed by atoms with van der Waals surface area (Å²) in [7, 11) is 0. The number of nitro benzene ring substituents is 1. The van der Waals surface area contributed by atoms with E-state index in [2.05, 4.69) is 10.6 Å². The highest BCUT2D eigenvalue weighted by Crippen LogP contribution is 2.27. The Morgan fingerprint density at radius 1 is 1.19 bits per heavy atom. The molecule has 2 rings (SSSR count). The number of carbonyl (C=O) groups excluding carboxylic acids is 2. The van der Waals surface area contributed by atoms with Gasteiger partial charge in [0.2, 0.25) is 0 Å². The minimum atomic E-state index is -1.19. The highest BCUT2D eigenvalue weighted by Gasteiger charge is 2.33. The molecule has 1 amide bonds. The number of nitrogens with zero attached hydrogens (tertiary/aromatic N) is 2. The maximum absolute atomic E-state index is 12.5. The highest BCUT2D eigenvalue weighted by molar-refractivity contribution is 5.93. The van der Waals surface area contributed by atoms with Gasteiger partial charge in [0.15, 0.2) is 6.10 Å². The number of rotatable bonds is 9. The van der Waals surface area contributed by atoms with Crippen LogP contribution < -0.4 is 10.6 Å². The SMILES string of the molecule is CC(C)[C@](C)(C#N)NC(=O)[C@@H](C)OC(=O)c1ccc(NCc2ccccc2)c([N+](=O)[O-])c1. The molecule has 168 valence electrons. The van der Waals surface area contributed by atoms with Crippen LogP contribution in [0, 0.1) is 27.4 Å². The lowest BCUT2D eigenvalue weighted by Gasteiger charge is -2.28. The van der Waals surface area contributed by atoms with Gasteiger partial charge in [-0.3, -0.25) is 14.9 Å². The van der Waals surface area contributed by atoms with Gasteiger partial charge in [-0.15, -0.1) is 0 Å². The van der Waals surface area contributed by atoms with E-state index in [1.807, 2.05) is 36.4 Å². The van der Waals surface area contributed by atoms with E-state index in [1.165, 1.54) is 19.1 Å². The summed E-state index contributed by atoms with van der Waals surface area (Å²) in [6.07, 6.45) is -1.19. The number of hydrogen-bond donors (Lipinski definition) is 2. The second-order valence-electron chi connectivity index (χ2n) is 7.83. The predicted molar refractivity (Wildman–Crippen MR) is 119 cm³/mol. The third-order valence-corrected chi connectivity index (χ3v) is 5.18. The predicted octanol–water partition coefficient (Wildman–Crippen LogP) is 3.81. The van der Waals surface area contributed by atoms with Gasteiger partial charge in [-0.25, -0.2) is 4.79 Å². The molecule has 0 saturated heterocycles. The molecule has 0 aromatic heterocycles. The molecule has 9 heteroatoms. The molecule has 2 aromatic carbocycles. The van der Waals surface area contributed by atoms with Gasteiger partial charge in [0.1, 0.15) is 11.2 Å². The summed E-state index contributed by atoms with van der Waals surface area (Å²) < 4.78 is 5.17. The van der Waals surface area contributed by atoms with Crippen molar-refractivity contribution in [3.8, 4) is 6.07 Å². The van der Waals surface area contributed by atoms with Crippen LogP contribution in [0.5, 0.6) is 0 Å². The molecular weight excluding hydrogens is 412 g/mol. The zero-order valence-electron chi connectivity index (χ0n) is 18.4. The summed E-state index contributed by atoms with van der Waals surface area (Å²) in [6, 6.07) is 15.3. The number of nitrogens with one attached hydrogen (secondary N) is 2. The Morgan fingerprint density at radius 3 is 2.41 bits per heavy atom. The zero-order valence-corrected chi connectivity index (χ0v) is 18.4. The number of ether oxygens (including phenoxy) is 1. The molecule has 0 aliphatic heterocycles. The fourth-order valence-electron chi connectivity index (χ4n) is 2.69. The minimum Gasteiger partial charge on any atom is -0.449 e. The van der Waals surface area contributed by atoms with Gasteiger partial charge in [-0.2, -0.15) is 5.26 Å². The quantitative estimate of drug-likeness (QED) is 0.345. The Kier molecular flexibility index (Phi) is 7.91. The summed E-state index contributed by atoms with van der Waals surface area (Å²) in [5, 5.41) is 26.4. The summed E-state index contributed by atoms with van der Waals surface area (Å²) >= 11 is 0. The third-order valence-electron chi connectivity index (χ3n) is 5.18. The molecule has 0 fully saturated rings. The van der Waals surface area contributed by atoms with E-state index in [4.69, 9.17) is 4.74 Å². The molecule has 2 aromatic rings. The van der Waals surface area contributed by atoms with Crippen molar-refractivity contribution in [2.45, 2.75) is 45.9 Å². The summed E-state index contributed by atoms with van der Waals surface area (Å²) in [5.41, 5.74) is -0.278. The Balaban J connectivity index is 2.11. The minimum absolute atomic E-state index is 0.0616. The first-order chi connectivity index (χ1) is 15.1. The second-order valence-corrected chi connectivity index (χ2v) is 7.83. The fourth-order valence-corrected chi connectivity index (χ4v) is 2.69. The van der Waals surface area contributed by atoms with E-state index in [0.29, 0.717) is 6.54 Å². The van der Waals surface area contributed by atoms with Crippen molar-refractivity contribution in [3.63, 3.8) is 0 Å². The number of anilines is 1. The van der Waals surface area contributed by atoms with Crippen LogP contribution in [-0.2, 0) is 16.1 Å². The van der Waals surface area contributed by atoms with Crippen LogP contribution in [0.15, 0.2) is 48.5 Å². The number of amides is 1. The number of hydrogen-bond acceptors (Lipinski definition) is 7. The maximum Gasteiger partial charge on any atom is 0.339 e. The molecule has 0 saturated carbocycles. The van der Waals surface area contributed by atoms with Crippen molar-refractivity contribution >= 4 is 23.3 Å². The van der Waals surface area contributed by atoms with Crippen molar-refractivity contribution in [2.75, 3.05) is 5.32 Å². The molecule has 0 spiro atoms. The average Bonchev–Trinajstić information content (AvgIpc) is 2.77. The Morgan fingerprint density at radius 2 is 1.84 bits per heavy atom. The lowest BCUT2D eigenvalue weighted by atomic mass is 9.90. The molecule has 0 aliphatic rings. The van der Waals surface area contributed by atoms with Gasteiger partial charge < -0.3 is 15.4 Å². The van der Waals surface area contributed by atoms with Crippen LogP contribution >= 0.6 is 0 Å². The Hall–Kier alpha value is -3.93. The van der Waals surface area contributed by atoms with E-state index in [9.17, 15) is 25.0 Å². The van der Waals surface area contributed by atoms with Crippen LogP contribution in [0.2, 0.25) is 0 Å². The Labute approximate surface area is 186 Å². The molecular formula is C23H26N4O5. The fraction of sp³-hybridized carbons (Fsp3) is 0.348. The molecule has 9 nitrogen and oxygen atoms in total. The highest BCUT2D eigenvalue weighted by atomic mass is 16.6. The topological polar surface area (TPSA) is 134 Å². The molecule has 0 unspecified atom stereocenters. The molecule has 2 N–H and O–H groups in total. The van der Waals surface area contributed by atoms with E-state index >= 15 is 0 Å². The number of benzene rings is 2. The van der Waals surface area contributed by atoms with E-state index < -0.39 is 28.4 Å². The van der Waals surface area contributed by atoms with Gasteiger partial charge in [0, 0.05) is 12.6 Å². The molecule has 0 heterocycles. The maximum atomic E-state index is 12.5. The van der Waals surface area contributed by atoms with Crippen molar-refractivity contribution in [1.29, 1.82) is 5.26 Å². The summed E-state index contributed by atoms with van der Waals surface area (Å²) in [4.78, 5) is 35.8. The van der Waals surface area contributed by atoms with Gasteiger partial charge >= 0.3 is 5.97 Å².